The molecular formula is C15H21N3O2. The molecule has 1 saturated heterocycles. The van der Waals surface area contributed by atoms with Crippen LogP contribution < -0.4 is 10.6 Å². The molecule has 1 aliphatic heterocycles. The molecule has 2 N–H and O–H groups in total. The second kappa shape index (κ2) is 5.94. The number of anilines is 1. The summed E-state index contributed by atoms with van der Waals surface area (Å²) in [6.45, 7) is 7.55. The van der Waals surface area contributed by atoms with Gasteiger partial charge in [0.2, 0.25) is 5.91 Å². The van der Waals surface area contributed by atoms with E-state index in [4.69, 9.17) is 0 Å². The Hall–Kier alpha value is -2.04. The monoisotopic (exact) mass is 275 g/mol. The van der Waals surface area contributed by atoms with Crippen molar-refractivity contribution in [3.63, 3.8) is 0 Å². The fourth-order valence-electron chi connectivity index (χ4n) is 2.40. The smallest absolute Gasteiger partial charge is 0.256 e. The minimum atomic E-state index is -0.424. The van der Waals surface area contributed by atoms with Crippen molar-refractivity contribution in [2.45, 2.75) is 26.8 Å². The van der Waals surface area contributed by atoms with E-state index >= 15 is 0 Å². The van der Waals surface area contributed by atoms with Crippen LogP contribution in [0, 0.1) is 6.92 Å². The fourth-order valence-corrected chi connectivity index (χ4v) is 2.40. The molecule has 1 atom stereocenters. The first-order valence-corrected chi connectivity index (χ1v) is 6.97. The third-order valence-electron chi connectivity index (χ3n) is 3.53. The van der Waals surface area contributed by atoms with Crippen LogP contribution in [0.25, 0.3) is 0 Å². The highest BCUT2D eigenvalue weighted by atomic mass is 16.2. The van der Waals surface area contributed by atoms with Gasteiger partial charge < -0.3 is 15.5 Å². The molecule has 0 aromatic heterocycles. The second-order valence-corrected chi connectivity index (χ2v) is 5.04. The molecule has 0 spiro atoms. The lowest BCUT2D eigenvalue weighted by molar-refractivity contribution is -0.127. The summed E-state index contributed by atoms with van der Waals surface area (Å²) in [7, 11) is 0. The molecule has 1 aromatic carbocycles. The lowest BCUT2D eigenvalue weighted by atomic mass is 10.1. The minimum Gasteiger partial charge on any atom is -0.385 e. The number of nitrogens with zero attached hydrogens (tertiary/aromatic N) is 1. The van der Waals surface area contributed by atoms with E-state index in [0.29, 0.717) is 18.7 Å². The molecule has 108 valence electrons. The van der Waals surface area contributed by atoms with Gasteiger partial charge in [0.25, 0.3) is 5.91 Å². The van der Waals surface area contributed by atoms with Gasteiger partial charge in [-0.15, -0.1) is 0 Å². The molecule has 1 unspecified atom stereocenters. The summed E-state index contributed by atoms with van der Waals surface area (Å²) in [5.41, 5.74) is 2.55. The Labute approximate surface area is 119 Å². The van der Waals surface area contributed by atoms with Gasteiger partial charge in [-0.2, -0.15) is 0 Å². The molecule has 1 aromatic rings. The second-order valence-electron chi connectivity index (χ2n) is 5.04. The number of carbonyl (C=O) groups excluding carboxylic acids is 2. The van der Waals surface area contributed by atoms with Crippen molar-refractivity contribution in [3.05, 3.63) is 29.3 Å². The number of carbonyl (C=O) groups is 2. The number of nitrogens with one attached hydrogen (secondary N) is 2. The lowest BCUT2D eigenvalue weighted by Crippen LogP contribution is -2.55. The van der Waals surface area contributed by atoms with Crippen molar-refractivity contribution in [1.82, 2.24) is 10.2 Å². The van der Waals surface area contributed by atoms with Gasteiger partial charge >= 0.3 is 0 Å². The molecule has 2 amide bonds. The van der Waals surface area contributed by atoms with E-state index in [-0.39, 0.29) is 11.8 Å². The first-order valence-electron chi connectivity index (χ1n) is 6.97. The van der Waals surface area contributed by atoms with E-state index < -0.39 is 6.04 Å². The number of amides is 2. The van der Waals surface area contributed by atoms with Crippen molar-refractivity contribution in [2.24, 2.45) is 0 Å². The maximum Gasteiger partial charge on any atom is 0.256 e. The highest BCUT2D eigenvalue weighted by Crippen LogP contribution is 2.21. The van der Waals surface area contributed by atoms with Crippen molar-refractivity contribution >= 4 is 17.5 Å². The van der Waals surface area contributed by atoms with Crippen LogP contribution in [0.2, 0.25) is 0 Å². The molecule has 0 saturated carbocycles. The topological polar surface area (TPSA) is 61.4 Å². The summed E-state index contributed by atoms with van der Waals surface area (Å²) in [4.78, 5) is 26.0. The molecular weight excluding hydrogens is 254 g/mol. The molecule has 0 aliphatic carbocycles. The molecule has 1 aliphatic rings. The van der Waals surface area contributed by atoms with E-state index in [9.17, 15) is 9.59 Å². The summed E-state index contributed by atoms with van der Waals surface area (Å²) >= 11 is 0. The third-order valence-corrected chi connectivity index (χ3v) is 3.53. The maximum absolute atomic E-state index is 12.7. The van der Waals surface area contributed by atoms with Gasteiger partial charge in [-0.05, 0) is 38.5 Å². The molecule has 0 radical (unpaired) electrons. The zero-order chi connectivity index (χ0) is 14.7. The Morgan fingerprint density at radius 1 is 1.50 bits per heavy atom. The van der Waals surface area contributed by atoms with Gasteiger partial charge in [0.1, 0.15) is 6.04 Å². The summed E-state index contributed by atoms with van der Waals surface area (Å²) in [6.07, 6.45) is 0. The number of rotatable bonds is 3. The van der Waals surface area contributed by atoms with E-state index in [1.54, 1.807) is 11.8 Å². The van der Waals surface area contributed by atoms with Gasteiger partial charge in [0, 0.05) is 25.3 Å². The van der Waals surface area contributed by atoms with Crippen molar-refractivity contribution in [3.8, 4) is 0 Å². The average Bonchev–Trinajstić information content (AvgIpc) is 2.42. The van der Waals surface area contributed by atoms with Gasteiger partial charge in [-0.1, -0.05) is 6.07 Å². The zero-order valence-corrected chi connectivity index (χ0v) is 12.2. The van der Waals surface area contributed by atoms with Gasteiger partial charge in [0.05, 0.1) is 5.56 Å². The number of hydrogen-bond acceptors (Lipinski definition) is 3. The molecule has 5 nitrogen and oxygen atoms in total. The Balaban J connectivity index is 2.30. The first-order chi connectivity index (χ1) is 9.54. The Bertz CT molecular complexity index is 528. The van der Waals surface area contributed by atoms with Crippen LogP contribution >= 0.6 is 0 Å². The van der Waals surface area contributed by atoms with Crippen LogP contribution in [-0.4, -0.2) is 42.4 Å². The summed E-state index contributed by atoms with van der Waals surface area (Å²) in [5, 5.41) is 5.98. The quantitative estimate of drug-likeness (QED) is 0.876. The molecule has 2 rings (SSSR count). The summed E-state index contributed by atoms with van der Waals surface area (Å²) in [6, 6.07) is 5.29. The molecule has 5 heteroatoms. The Morgan fingerprint density at radius 3 is 2.95 bits per heavy atom. The number of benzene rings is 1. The van der Waals surface area contributed by atoms with Crippen LogP contribution in [0.5, 0.6) is 0 Å². The van der Waals surface area contributed by atoms with Gasteiger partial charge in [-0.25, -0.2) is 0 Å². The van der Waals surface area contributed by atoms with Gasteiger partial charge in [0.15, 0.2) is 0 Å². The van der Waals surface area contributed by atoms with Crippen molar-refractivity contribution in [2.75, 3.05) is 25.0 Å². The molecule has 20 heavy (non-hydrogen) atoms. The van der Waals surface area contributed by atoms with Crippen LogP contribution in [0.4, 0.5) is 5.69 Å². The van der Waals surface area contributed by atoms with Crippen molar-refractivity contribution < 1.29 is 9.59 Å². The summed E-state index contributed by atoms with van der Waals surface area (Å²) < 4.78 is 0. The standard InChI is InChI=1S/C15H21N3O2/c1-4-16-13-9-10(2)5-6-12(13)15(20)18-8-7-17-14(19)11(18)3/h5-6,9,11,16H,4,7-8H2,1-3H3,(H,17,19). The predicted octanol–water partition coefficient (Wildman–Crippen LogP) is 1.39. The summed E-state index contributed by atoms with van der Waals surface area (Å²) in [5.74, 6) is -0.190. The highest BCUT2D eigenvalue weighted by Gasteiger charge is 2.30. The SMILES string of the molecule is CCNc1cc(C)ccc1C(=O)N1CCNC(=O)C1C. The highest BCUT2D eigenvalue weighted by molar-refractivity contribution is 6.02. The Morgan fingerprint density at radius 2 is 2.25 bits per heavy atom. The minimum absolute atomic E-state index is 0.0942. The maximum atomic E-state index is 12.7. The van der Waals surface area contributed by atoms with Gasteiger partial charge in [-0.3, -0.25) is 9.59 Å². The van der Waals surface area contributed by atoms with Crippen LogP contribution in [0.15, 0.2) is 18.2 Å². The largest absolute Gasteiger partial charge is 0.385 e. The number of piperazine rings is 1. The van der Waals surface area contributed by atoms with Crippen LogP contribution in [0.3, 0.4) is 0 Å². The van der Waals surface area contributed by atoms with Crippen molar-refractivity contribution in [1.29, 1.82) is 0 Å². The fraction of sp³-hybridized carbons (Fsp3) is 0.467. The number of hydrogen-bond donors (Lipinski definition) is 2. The van der Waals surface area contributed by atoms with E-state index in [1.807, 2.05) is 32.0 Å². The third kappa shape index (κ3) is 2.76. The normalized spacial score (nSPS) is 18.6. The first kappa shape index (κ1) is 14.4. The van der Waals surface area contributed by atoms with E-state index in [0.717, 1.165) is 17.8 Å². The Kier molecular flexibility index (Phi) is 4.27. The predicted molar refractivity (Wildman–Crippen MR) is 78.9 cm³/mol. The van der Waals surface area contributed by atoms with Crippen LogP contribution in [0.1, 0.15) is 29.8 Å². The zero-order valence-electron chi connectivity index (χ0n) is 12.2. The molecule has 1 heterocycles. The van der Waals surface area contributed by atoms with Crippen LogP contribution in [-0.2, 0) is 4.79 Å². The molecule has 0 bridgehead atoms. The number of aryl methyl sites for hydroxylation is 1. The van der Waals surface area contributed by atoms with E-state index in [1.165, 1.54) is 0 Å². The molecule has 1 fully saturated rings. The lowest BCUT2D eigenvalue weighted by Gasteiger charge is -2.33. The average molecular weight is 275 g/mol. The van der Waals surface area contributed by atoms with E-state index in [2.05, 4.69) is 10.6 Å².